The summed E-state index contributed by atoms with van der Waals surface area (Å²) in [4.78, 5) is 24.6. The van der Waals surface area contributed by atoms with Crippen molar-refractivity contribution < 1.29 is 14.7 Å². The van der Waals surface area contributed by atoms with Crippen molar-refractivity contribution >= 4 is 29.3 Å². The topological polar surface area (TPSA) is 57.6 Å². The first kappa shape index (κ1) is 12.0. The van der Waals surface area contributed by atoms with E-state index in [0.717, 1.165) is 11.3 Å². The number of carboxylic acids is 1. The molecule has 4 nitrogen and oxygen atoms in total. The van der Waals surface area contributed by atoms with Crippen molar-refractivity contribution in [1.29, 1.82) is 0 Å². The van der Waals surface area contributed by atoms with Crippen LogP contribution in [-0.2, 0) is 16.0 Å². The molecule has 0 spiro atoms. The van der Waals surface area contributed by atoms with E-state index in [1.165, 1.54) is 16.7 Å². The summed E-state index contributed by atoms with van der Waals surface area (Å²) >= 11 is 1.40. The number of rotatable bonds is 3. The van der Waals surface area contributed by atoms with Gasteiger partial charge in [0.1, 0.15) is 6.04 Å². The van der Waals surface area contributed by atoms with E-state index >= 15 is 0 Å². The Morgan fingerprint density at radius 3 is 2.82 bits per heavy atom. The lowest BCUT2D eigenvalue weighted by Crippen LogP contribution is -2.43. The average molecular weight is 251 g/mol. The largest absolute Gasteiger partial charge is 0.480 e. The van der Waals surface area contributed by atoms with Crippen LogP contribution in [0.5, 0.6) is 0 Å². The predicted molar refractivity (Wildman–Crippen MR) is 67.4 cm³/mol. The van der Waals surface area contributed by atoms with Crippen LogP contribution >= 0.6 is 11.8 Å². The molecule has 1 unspecified atom stereocenters. The van der Waals surface area contributed by atoms with Crippen molar-refractivity contribution in [3.63, 3.8) is 0 Å². The molecule has 1 aromatic carbocycles. The lowest BCUT2D eigenvalue weighted by Gasteiger charge is -2.22. The Morgan fingerprint density at radius 1 is 1.47 bits per heavy atom. The first-order valence-corrected chi connectivity index (χ1v) is 6.66. The Morgan fingerprint density at radius 2 is 2.18 bits per heavy atom. The van der Waals surface area contributed by atoms with Gasteiger partial charge in [-0.3, -0.25) is 9.69 Å². The zero-order chi connectivity index (χ0) is 12.4. The van der Waals surface area contributed by atoms with Gasteiger partial charge >= 0.3 is 5.97 Å². The Hall–Kier alpha value is -1.49. The van der Waals surface area contributed by atoms with Crippen LogP contribution in [0.4, 0.5) is 5.69 Å². The number of fused-ring (bicyclic) bond motifs is 1. The lowest BCUT2D eigenvalue weighted by atomic mass is 10.1. The van der Waals surface area contributed by atoms with Gasteiger partial charge in [-0.1, -0.05) is 18.2 Å². The van der Waals surface area contributed by atoms with Gasteiger partial charge in [-0.05, 0) is 17.9 Å². The number of carboxylic acid groups (broad SMARTS) is 1. The SMILES string of the molecule is CSCC(=O)N1c2ccccc2CC1C(=O)O. The van der Waals surface area contributed by atoms with E-state index in [1.54, 1.807) is 6.07 Å². The zero-order valence-corrected chi connectivity index (χ0v) is 10.2. The number of carbonyl (C=O) groups excluding carboxylic acids is 1. The van der Waals surface area contributed by atoms with Gasteiger partial charge in [0.25, 0.3) is 0 Å². The summed E-state index contributed by atoms with van der Waals surface area (Å²) in [6.07, 6.45) is 2.22. The van der Waals surface area contributed by atoms with Crippen LogP contribution in [0.15, 0.2) is 24.3 Å². The molecule has 1 heterocycles. The number of carbonyl (C=O) groups is 2. The van der Waals surface area contributed by atoms with Crippen molar-refractivity contribution in [2.45, 2.75) is 12.5 Å². The van der Waals surface area contributed by atoms with Crippen LogP contribution in [0.25, 0.3) is 0 Å². The lowest BCUT2D eigenvalue weighted by molar-refractivity contribution is -0.139. The second-order valence-corrected chi connectivity index (χ2v) is 4.75. The number of aliphatic carboxylic acids is 1. The summed E-state index contributed by atoms with van der Waals surface area (Å²) in [5.41, 5.74) is 1.66. The molecule has 1 aliphatic rings. The van der Waals surface area contributed by atoms with Gasteiger partial charge in [0.2, 0.25) is 5.91 Å². The Labute approximate surface area is 104 Å². The Bertz CT molecular complexity index is 461. The molecule has 1 aliphatic heterocycles. The minimum absolute atomic E-state index is 0.144. The molecule has 0 aliphatic carbocycles. The van der Waals surface area contributed by atoms with E-state index in [2.05, 4.69) is 0 Å². The molecule has 0 fully saturated rings. The zero-order valence-electron chi connectivity index (χ0n) is 9.42. The summed E-state index contributed by atoms with van der Waals surface area (Å²) in [7, 11) is 0. The fourth-order valence-electron chi connectivity index (χ4n) is 2.08. The fourth-order valence-corrected chi connectivity index (χ4v) is 2.47. The summed E-state index contributed by atoms with van der Waals surface area (Å²) in [6, 6.07) is 6.60. The minimum Gasteiger partial charge on any atom is -0.480 e. The van der Waals surface area contributed by atoms with Gasteiger partial charge in [-0.25, -0.2) is 4.79 Å². The van der Waals surface area contributed by atoms with Gasteiger partial charge in [0, 0.05) is 12.1 Å². The number of thioether (sulfide) groups is 1. The van der Waals surface area contributed by atoms with Crippen molar-refractivity contribution in [2.75, 3.05) is 16.9 Å². The number of para-hydroxylation sites is 1. The van der Waals surface area contributed by atoms with Gasteiger partial charge in [0.05, 0.1) is 5.75 Å². The average Bonchev–Trinajstić information content (AvgIpc) is 2.68. The first-order chi connectivity index (χ1) is 8.15. The molecule has 0 aromatic heterocycles. The summed E-state index contributed by atoms with van der Waals surface area (Å²) in [6.45, 7) is 0. The molecule has 1 aromatic rings. The number of hydrogen-bond donors (Lipinski definition) is 1. The van der Waals surface area contributed by atoms with Crippen LogP contribution in [0.2, 0.25) is 0 Å². The van der Waals surface area contributed by atoms with Crippen molar-refractivity contribution in [2.24, 2.45) is 0 Å². The van der Waals surface area contributed by atoms with E-state index in [4.69, 9.17) is 0 Å². The molecule has 0 radical (unpaired) electrons. The molecule has 1 N–H and O–H groups in total. The number of hydrogen-bond acceptors (Lipinski definition) is 3. The Kier molecular flexibility index (Phi) is 3.38. The first-order valence-electron chi connectivity index (χ1n) is 5.27. The molecule has 0 bridgehead atoms. The van der Waals surface area contributed by atoms with E-state index in [9.17, 15) is 14.7 Å². The third kappa shape index (κ3) is 2.15. The molecule has 1 atom stereocenters. The normalized spacial score (nSPS) is 17.9. The number of amides is 1. The highest BCUT2D eigenvalue weighted by atomic mass is 32.2. The van der Waals surface area contributed by atoms with Crippen LogP contribution in [-0.4, -0.2) is 35.0 Å². The van der Waals surface area contributed by atoms with E-state index in [-0.39, 0.29) is 5.91 Å². The van der Waals surface area contributed by atoms with E-state index < -0.39 is 12.0 Å². The predicted octanol–water partition coefficient (Wildman–Crippen LogP) is 1.39. The molecular weight excluding hydrogens is 238 g/mol. The van der Waals surface area contributed by atoms with Gasteiger partial charge in [-0.15, -0.1) is 0 Å². The maximum absolute atomic E-state index is 12.0. The quantitative estimate of drug-likeness (QED) is 0.882. The minimum atomic E-state index is -0.948. The molecule has 0 saturated heterocycles. The molecular formula is C12H13NO3S. The standard InChI is InChI=1S/C12H13NO3S/c1-17-7-11(14)13-9-5-3-2-4-8(9)6-10(13)12(15)16/h2-5,10H,6-7H2,1H3,(H,15,16). The Balaban J connectivity index is 2.37. The van der Waals surface area contributed by atoms with E-state index in [0.29, 0.717) is 12.2 Å². The highest BCUT2D eigenvalue weighted by molar-refractivity contribution is 7.99. The summed E-state index contributed by atoms with van der Waals surface area (Å²) in [5.74, 6) is -0.788. The molecule has 2 rings (SSSR count). The van der Waals surface area contributed by atoms with Gasteiger partial charge in [0.15, 0.2) is 0 Å². The smallest absolute Gasteiger partial charge is 0.327 e. The van der Waals surface area contributed by atoms with Crippen LogP contribution in [0.3, 0.4) is 0 Å². The molecule has 0 saturated carbocycles. The summed E-state index contributed by atoms with van der Waals surface area (Å²) < 4.78 is 0. The highest BCUT2D eigenvalue weighted by Gasteiger charge is 2.37. The van der Waals surface area contributed by atoms with Crippen molar-refractivity contribution in [3.8, 4) is 0 Å². The maximum Gasteiger partial charge on any atom is 0.327 e. The molecule has 1 amide bonds. The van der Waals surface area contributed by atoms with Gasteiger partial charge in [-0.2, -0.15) is 11.8 Å². The van der Waals surface area contributed by atoms with Crippen molar-refractivity contribution in [3.05, 3.63) is 29.8 Å². The van der Waals surface area contributed by atoms with Crippen LogP contribution < -0.4 is 4.90 Å². The number of anilines is 1. The van der Waals surface area contributed by atoms with Crippen LogP contribution in [0.1, 0.15) is 5.56 Å². The maximum atomic E-state index is 12.0. The monoisotopic (exact) mass is 251 g/mol. The molecule has 90 valence electrons. The fraction of sp³-hybridized carbons (Fsp3) is 0.333. The molecule has 17 heavy (non-hydrogen) atoms. The second-order valence-electron chi connectivity index (χ2n) is 3.88. The van der Waals surface area contributed by atoms with Gasteiger partial charge < -0.3 is 5.11 Å². The summed E-state index contributed by atoms with van der Waals surface area (Å²) in [5, 5.41) is 9.17. The third-order valence-corrected chi connectivity index (χ3v) is 3.33. The number of nitrogens with zero attached hydrogens (tertiary/aromatic N) is 1. The van der Waals surface area contributed by atoms with Crippen LogP contribution in [0, 0.1) is 0 Å². The third-order valence-electron chi connectivity index (χ3n) is 2.80. The molecule has 5 heteroatoms. The second kappa shape index (κ2) is 4.79. The van der Waals surface area contributed by atoms with E-state index in [1.807, 2.05) is 24.5 Å². The van der Waals surface area contributed by atoms with Crippen molar-refractivity contribution in [1.82, 2.24) is 0 Å². The number of benzene rings is 1. The highest BCUT2D eigenvalue weighted by Crippen LogP contribution is 2.32.